The second-order valence-electron chi connectivity index (χ2n) is 12.0. The molecule has 0 amide bonds. The smallest absolute Gasteiger partial charge is 0.480 e. The van der Waals surface area contributed by atoms with Crippen molar-refractivity contribution in [3.8, 4) is 18.1 Å². The summed E-state index contributed by atoms with van der Waals surface area (Å²) in [5.74, 6) is 1.03. The molecule has 1 fully saturated rings. The van der Waals surface area contributed by atoms with Crippen molar-refractivity contribution in [3.63, 3.8) is 0 Å². The third kappa shape index (κ3) is 9.62. The Morgan fingerprint density at radius 2 is 1.87 bits per heavy atom. The van der Waals surface area contributed by atoms with Crippen LogP contribution < -0.4 is 15.3 Å². The number of carbonyl (C=O) groups excluding carboxylic acids is 1. The zero-order chi connectivity index (χ0) is 37.1. The molecule has 2 aromatic heterocycles. The molecule has 276 valence electrons. The van der Waals surface area contributed by atoms with Crippen molar-refractivity contribution in [2.24, 2.45) is 0 Å². The predicted molar refractivity (Wildman–Crippen MR) is 186 cm³/mol. The topological polar surface area (TPSA) is 199 Å². The Balaban J connectivity index is 1.42. The molecular formula is C35H40FN6O9P. The van der Waals surface area contributed by atoms with E-state index in [1.807, 2.05) is 0 Å². The second-order valence-corrected chi connectivity index (χ2v) is 13.7. The minimum Gasteiger partial charge on any atom is -0.480 e. The molecule has 3 heterocycles. The average Bonchev–Trinajstić information content (AvgIpc) is 3.71. The van der Waals surface area contributed by atoms with Gasteiger partial charge >= 0.3 is 25.9 Å². The SMILES string of the molecule is C#C[C@]1(CO[P@@](=O)(N[C@@H](Cc2ccccc2)C(=O)O)Oc2ccccc2)O[C@@H](n2cnc3c(N)nc(F)nc32)C[C@@H]1OC(=O)OCCCCCCC. The number of hydrogen-bond donors (Lipinski definition) is 3. The number of nitrogens with zero attached hydrogens (tertiary/aromatic N) is 4. The van der Waals surface area contributed by atoms with Gasteiger partial charge in [-0.3, -0.25) is 13.9 Å². The van der Waals surface area contributed by atoms with E-state index in [1.165, 1.54) is 23.0 Å². The number of para-hydroxylation sites is 1. The Kier molecular flexibility index (Phi) is 12.8. The van der Waals surface area contributed by atoms with Gasteiger partial charge in [-0.2, -0.15) is 19.4 Å². The van der Waals surface area contributed by atoms with Crippen molar-refractivity contribution in [1.29, 1.82) is 0 Å². The van der Waals surface area contributed by atoms with Crippen molar-refractivity contribution in [1.82, 2.24) is 24.6 Å². The second kappa shape index (κ2) is 17.4. The third-order valence-corrected chi connectivity index (χ3v) is 9.82. The lowest BCUT2D eigenvalue weighted by Crippen LogP contribution is -2.46. The maximum atomic E-state index is 14.5. The van der Waals surface area contributed by atoms with Crippen LogP contribution in [-0.2, 0) is 34.5 Å². The number of ether oxygens (including phenoxy) is 3. The van der Waals surface area contributed by atoms with Crippen LogP contribution in [0, 0.1) is 18.4 Å². The molecule has 5 rings (SSSR count). The van der Waals surface area contributed by atoms with Crippen LogP contribution in [0.1, 0.15) is 57.2 Å². The number of imidazole rings is 1. The number of anilines is 1. The van der Waals surface area contributed by atoms with Gasteiger partial charge in [-0.05, 0) is 30.5 Å². The molecule has 1 saturated heterocycles. The Bertz CT molecular complexity index is 1910. The van der Waals surface area contributed by atoms with E-state index in [-0.39, 0.29) is 42.2 Å². The van der Waals surface area contributed by atoms with Gasteiger partial charge in [0.05, 0.1) is 12.9 Å². The van der Waals surface area contributed by atoms with Crippen LogP contribution in [0.4, 0.5) is 15.0 Å². The number of fused-ring (bicyclic) bond motifs is 1. The number of nitrogens with two attached hydrogens (primary N) is 1. The molecule has 0 unspecified atom stereocenters. The number of rotatable bonds is 18. The largest absolute Gasteiger partial charge is 0.508 e. The monoisotopic (exact) mass is 738 g/mol. The fourth-order valence-electron chi connectivity index (χ4n) is 5.60. The van der Waals surface area contributed by atoms with Gasteiger partial charge in [0.2, 0.25) is 0 Å². The average molecular weight is 739 g/mol. The van der Waals surface area contributed by atoms with Crippen molar-refractivity contribution in [2.75, 3.05) is 18.9 Å². The molecule has 0 saturated carbocycles. The van der Waals surface area contributed by atoms with Crippen LogP contribution in [0.3, 0.4) is 0 Å². The van der Waals surface area contributed by atoms with E-state index >= 15 is 0 Å². The molecule has 17 heteroatoms. The van der Waals surface area contributed by atoms with Gasteiger partial charge in [0.15, 0.2) is 28.7 Å². The van der Waals surface area contributed by atoms with E-state index in [0.29, 0.717) is 12.0 Å². The minimum absolute atomic E-state index is 0.0258. The molecule has 4 aromatic rings. The highest BCUT2D eigenvalue weighted by atomic mass is 31.2. The molecule has 4 N–H and O–H groups in total. The van der Waals surface area contributed by atoms with Gasteiger partial charge in [0, 0.05) is 6.42 Å². The maximum absolute atomic E-state index is 14.5. The van der Waals surface area contributed by atoms with Crippen LogP contribution >= 0.6 is 7.75 Å². The van der Waals surface area contributed by atoms with Gasteiger partial charge in [0.25, 0.3) is 0 Å². The van der Waals surface area contributed by atoms with Gasteiger partial charge in [-0.1, -0.05) is 87.1 Å². The number of terminal acetylenes is 1. The van der Waals surface area contributed by atoms with E-state index in [0.717, 1.165) is 25.7 Å². The van der Waals surface area contributed by atoms with Crippen molar-refractivity contribution < 1.29 is 46.9 Å². The van der Waals surface area contributed by atoms with Gasteiger partial charge < -0.3 is 29.6 Å². The first-order valence-corrected chi connectivity index (χ1v) is 18.3. The first-order chi connectivity index (χ1) is 25.0. The van der Waals surface area contributed by atoms with E-state index in [9.17, 15) is 23.7 Å². The molecular weight excluding hydrogens is 698 g/mol. The van der Waals surface area contributed by atoms with Crippen LogP contribution in [-0.4, -0.2) is 67.7 Å². The summed E-state index contributed by atoms with van der Waals surface area (Å²) in [6, 6.07) is 15.2. The quantitative estimate of drug-likeness (QED) is 0.0363. The molecule has 1 aliphatic rings. The molecule has 0 bridgehead atoms. The number of unbranched alkanes of at least 4 members (excludes halogenated alkanes) is 4. The standard InChI is InChI=1S/C35H40FN6O9P/c1-3-5-6-7-14-19-47-34(45)49-27-21-28(42-23-38-29-30(37)39-33(36)40-31(29)42)50-35(27,4-2)22-48-52(46,51-25-17-12-9-13-18-25)41-26(32(43)44)20-24-15-10-8-11-16-24/h2,8-13,15-18,23,26-28H,3,5-7,14,19-22H2,1H3,(H,41,46)(H,43,44)(H2,37,39,40)/t26-,27-,28+,35+,52-/m0/s1. The molecule has 0 aliphatic carbocycles. The fraction of sp³-hybridized carbons (Fsp3) is 0.400. The summed E-state index contributed by atoms with van der Waals surface area (Å²) < 4.78 is 59.0. The number of carbonyl (C=O) groups is 2. The van der Waals surface area contributed by atoms with Gasteiger partial charge in [0.1, 0.15) is 24.6 Å². The number of nitrogens with one attached hydrogen (secondary N) is 1. The summed E-state index contributed by atoms with van der Waals surface area (Å²) >= 11 is 0. The zero-order valence-corrected chi connectivity index (χ0v) is 29.3. The number of hydrogen-bond acceptors (Lipinski definition) is 12. The first kappa shape index (κ1) is 38.2. The summed E-state index contributed by atoms with van der Waals surface area (Å²) in [7, 11) is -4.60. The Hall–Kier alpha value is -5.07. The number of nitrogen functional groups attached to an aromatic ring is 1. The molecule has 52 heavy (non-hydrogen) atoms. The van der Waals surface area contributed by atoms with Crippen LogP contribution in [0.25, 0.3) is 11.2 Å². The highest BCUT2D eigenvalue weighted by molar-refractivity contribution is 7.52. The zero-order valence-electron chi connectivity index (χ0n) is 28.4. The van der Waals surface area contributed by atoms with Gasteiger partial charge in [-0.15, -0.1) is 6.42 Å². The maximum Gasteiger partial charge on any atom is 0.508 e. The first-order valence-electron chi connectivity index (χ1n) is 16.7. The number of aliphatic carboxylic acids is 1. The molecule has 0 radical (unpaired) electrons. The lowest BCUT2D eigenvalue weighted by Gasteiger charge is -2.31. The minimum atomic E-state index is -4.60. The summed E-state index contributed by atoms with van der Waals surface area (Å²) in [5.41, 5.74) is 4.59. The lowest BCUT2D eigenvalue weighted by atomic mass is 9.99. The van der Waals surface area contributed by atoms with Crippen molar-refractivity contribution >= 4 is 36.9 Å². The number of aromatic nitrogens is 4. The predicted octanol–water partition coefficient (Wildman–Crippen LogP) is 5.82. The number of benzene rings is 2. The van der Waals surface area contributed by atoms with Crippen LogP contribution in [0.15, 0.2) is 67.0 Å². The Morgan fingerprint density at radius 1 is 1.15 bits per heavy atom. The number of carboxylic acid groups (broad SMARTS) is 1. The molecule has 0 spiro atoms. The highest BCUT2D eigenvalue weighted by Crippen LogP contribution is 2.48. The Morgan fingerprint density at radius 3 is 2.56 bits per heavy atom. The number of halogens is 1. The van der Waals surface area contributed by atoms with E-state index in [4.69, 9.17) is 35.4 Å². The highest BCUT2D eigenvalue weighted by Gasteiger charge is 2.53. The molecule has 1 aliphatic heterocycles. The van der Waals surface area contributed by atoms with Crippen molar-refractivity contribution in [2.45, 2.75) is 75.8 Å². The van der Waals surface area contributed by atoms with Crippen LogP contribution in [0.5, 0.6) is 5.75 Å². The summed E-state index contributed by atoms with van der Waals surface area (Å²) in [6.45, 7) is 1.46. The molecule has 5 atom stereocenters. The summed E-state index contributed by atoms with van der Waals surface area (Å²) in [4.78, 5) is 36.8. The summed E-state index contributed by atoms with van der Waals surface area (Å²) in [5, 5.41) is 12.6. The molecule has 15 nitrogen and oxygen atoms in total. The third-order valence-electron chi connectivity index (χ3n) is 8.28. The Labute approximate surface area is 299 Å². The fourth-order valence-corrected chi connectivity index (χ4v) is 7.13. The number of carboxylic acids is 1. The van der Waals surface area contributed by atoms with E-state index in [2.05, 4.69) is 32.9 Å². The van der Waals surface area contributed by atoms with Crippen molar-refractivity contribution in [3.05, 3.63) is 78.6 Å². The van der Waals surface area contributed by atoms with Crippen LogP contribution in [0.2, 0.25) is 0 Å². The summed E-state index contributed by atoms with van der Waals surface area (Å²) in [6.07, 6.45) is 7.18. The van der Waals surface area contributed by atoms with E-state index in [1.54, 1.807) is 48.5 Å². The lowest BCUT2D eigenvalue weighted by molar-refractivity contribution is -0.139. The normalized spacial score (nSPS) is 20.1. The van der Waals surface area contributed by atoms with E-state index < -0.39 is 56.5 Å². The molecule has 2 aromatic carbocycles. The van der Waals surface area contributed by atoms with Gasteiger partial charge in [-0.25, -0.2) is 14.3 Å².